The molecule has 7 heteroatoms. The van der Waals surface area contributed by atoms with E-state index < -0.39 is 12.1 Å². The highest BCUT2D eigenvalue weighted by Crippen LogP contribution is 2.42. The lowest BCUT2D eigenvalue weighted by Gasteiger charge is -2.28. The second-order valence-corrected chi connectivity index (χ2v) is 4.47. The Labute approximate surface area is 102 Å². The van der Waals surface area contributed by atoms with E-state index >= 15 is 0 Å². The molecule has 1 aliphatic carbocycles. The molecule has 0 saturated heterocycles. The molecule has 0 amide bonds. The van der Waals surface area contributed by atoms with Gasteiger partial charge in [-0.25, -0.2) is 4.98 Å². The number of oxazole rings is 1. The predicted octanol–water partition coefficient (Wildman–Crippen LogP) is 2.96. The van der Waals surface area contributed by atoms with Crippen LogP contribution in [-0.4, -0.2) is 11.2 Å². The first-order valence-electron chi connectivity index (χ1n) is 5.65. The Balaban J connectivity index is 2.04. The molecule has 98 valence electrons. The summed E-state index contributed by atoms with van der Waals surface area (Å²) in [6, 6.07) is 1.78. The molecule has 2 rings (SSSR count). The van der Waals surface area contributed by atoms with E-state index in [9.17, 15) is 13.2 Å². The summed E-state index contributed by atoms with van der Waals surface area (Å²) in [4.78, 5) is 3.91. The maximum absolute atomic E-state index is 12.5. The molecule has 0 radical (unpaired) electrons. The lowest BCUT2D eigenvalue weighted by molar-refractivity contribution is -0.182. The molecule has 0 spiro atoms. The Morgan fingerprint density at radius 1 is 1.28 bits per heavy atom. The van der Waals surface area contributed by atoms with Crippen LogP contribution in [0.1, 0.15) is 43.2 Å². The first-order valence-corrected chi connectivity index (χ1v) is 5.65. The molecule has 1 saturated carbocycles. The minimum absolute atomic E-state index is 0.00273. The maximum Gasteiger partial charge on any atom is 0.391 e. The van der Waals surface area contributed by atoms with Gasteiger partial charge in [-0.2, -0.15) is 18.4 Å². The molecular formula is C11H12F3N3O. The van der Waals surface area contributed by atoms with E-state index in [-0.39, 0.29) is 36.2 Å². The molecule has 1 aromatic heterocycles. The summed E-state index contributed by atoms with van der Waals surface area (Å²) in [7, 11) is 0. The lowest BCUT2D eigenvalue weighted by atomic mass is 9.81. The molecule has 0 aliphatic heterocycles. The number of hydrogen-bond donors (Lipinski definition) is 1. The van der Waals surface area contributed by atoms with E-state index in [1.165, 1.54) is 0 Å². The lowest BCUT2D eigenvalue weighted by Crippen LogP contribution is -2.27. The molecule has 0 unspecified atom stereocenters. The topological polar surface area (TPSA) is 75.8 Å². The Bertz CT molecular complexity index is 467. The van der Waals surface area contributed by atoms with Crippen molar-refractivity contribution >= 4 is 5.88 Å². The quantitative estimate of drug-likeness (QED) is 0.841. The van der Waals surface area contributed by atoms with E-state index in [1.54, 1.807) is 6.07 Å². The van der Waals surface area contributed by atoms with Crippen LogP contribution in [0.2, 0.25) is 0 Å². The van der Waals surface area contributed by atoms with Gasteiger partial charge in [-0.15, -0.1) is 0 Å². The zero-order valence-electron chi connectivity index (χ0n) is 9.50. The van der Waals surface area contributed by atoms with Gasteiger partial charge in [-0.05, 0) is 25.7 Å². The number of halogens is 3. The van der Waals surface area contributed by atoms with Crippen molar-refractivity contribution < 1.29 is 17.6 Å². The molecule has 1 aromatic rings. The number of rotatable bonds is 1. The van der Waals surface area contributed by atoms with Crippen molar-refractivity contribution in [2.75, 3.05) is 5.73 Å². The van der Waals surface area contributed by atoms with Crippen LogP contribution in [0, 0.1) is 17.2 Å². The summed E-state index contributed by atoms with van der Waals surface area (Å²) in [6.07, 6.45) is -3.28. The molecule has 1 aliphatic rings. The van der Waals surface area contributed by atoms with Crippen LogP contribution in [0.15, 0.2) is 4.42 Å². The summed E-state index contributed by atoms with van der Waals surface area (Å²) in [6.45, 7) is 0. The van der Waals surface area contributed by atoms with Crippen LogP contribution >= 0.6 is 0 Å². The second-order valence-electron chi connectivity index (χ2n) is 4.47. The third-order valence-corrected chi connectivity index (χ3v) is 3.32. The monoisotopic (exact) mass is 259 g/mol. The largest absolute Gasteiger partial charge is 0.424 e. The molecule has 1 fully saturated rings. The van der Waals surface area contributed by atoms with Crippen LogP contribution in [0.5, 0.6) is 0 Å². The minimum Gasteiger partial charge on any atom is -0.424 e. The van der Waals surface area contributed by atoms with Crippen molar-refractivity contribution in [2.45, 2.75) is 37.8 Å². The molecule has 18 heavy (non-hydrogen) atoms. The van der Waals surface area contributed by atoms with E-state index in [0.717, 1.165) is 0 Å². The van der Waals surface area contributed by atoms with E-state index in [0.29, 0.717) is 12.8 Å². The SMILES string of the molecule is N#Cc1nc(C2CCC(C(F)(F)F)CC2)oc1N. The number of nitrogens with zero attached hydrogens (tertiary/aromatic N) is 2. The molecule has 2 N–H and O–H groups in total. The van der Waals surface area contributed by atoms with Crippen molar-refractivity contribution in [3.05, 3.63) is 11.6 Å². The highest BCUT2D eigenvalue weighted by Gasteiger charge is 2.42. The first-order chi connectivity index (χ1) is 8.41. The van der Waals surface area contributed by atoms with Gasteiger partial charge in [0.1, 0.15) is 6.07 Å². The average molecular weight is 259 g/mol. The summed E-state index contributed by atoms with van der Waals surface area (Å²) in [5.74, 6) is -1.19. The number of alkyl halides is 3. The van der Waals surface area contributed by atoms with Crippen molar-refractivity contribution in [3.63, 3.8) is 0 Å². The highest BCUT2D eigenvalue weighted by molar-refractivity contribution is 5.40. The number of hydrogen-bond acceptors (Lipinski definition) is 4. The molecule has 4 nitrogen and oxygen atoms in total. The number of nitrogens with two attached hydrogens (primary N) is 1. The Kier molecular flexibility index (Phi) is 3.20. The van der Waals surface area contributed by atoms with Gasteiger partial charge in [0.2, 0.25) is 17.5 Å². The summed E-state index contributed by atoms with van der Waals surface area (Å²) < 4.78 is 42.6. The zero-order chi connectivity index (χ0) is 13.3. The number of nitrogen functional groups attached to an aromatic ring is 1. The average Bonchev–Trinajstić information content (AvgIpc) is 2.69. The molecule has 0 aromatic carbocycles. The molecule has 0 atom stereocenters. The van der Waals surface area contributed by atoms with E-state index in [2.05, 4.69) is 4.98 Å². The fraction of sp³-hybridized carbons (Fsp3) is 0.636. The Morgan fingerprint density at radius 2 is 1.89 bits per heavy atom. The van der Waals surface area contributed by atoms with Crippen molar-refractivity contribution in [1.82, 2.24) is 4.98 Å². The van der Waals surface area contributed by atoms with E-state index in [1.807, 2.05) is 0 Å². The van der Waals surface area contributed by atoms with Crippen LogP contribution in [0.3, 0.4) is 0 Å². The third kappa shape index (κ3) is 2.42. The molecular weight excluding hydrogens is 247 g/mol. The van der Waals surface area contributed by atoms with Gasteiger partial charge < -0.3 is 10.2 Å². The normalized spacial score (nSPS) is 24.8. The van der Waals surface area contributed by atoms with Gasteiger partial charge in [0.05, 0.1) is 5.92 Å². The van der Waals surface area contributed by atoms with E-state index in [4.69, 9.17) is 15.4 Å². The van der Waals surface area contributed by atoms with Gasteiger partial charge in [0.25, 0.3) is 0 Å². The van der Waals surface area contributed by atoms with Crippen LogP contribution in [-0.2, 0) is 0 Å². The number of anilines is 1. The first kappa shape index (κ1) is 12.7. The predicted molar refractivity (Wildman–Crippen MR) is 56.4 cm³/mol. The van der Waals surface area contributed by atoms with Gasteiger partial charge in [-0.3, -0.25) is 0 Å². The fourth-order valence-corrected chi connectivity index (χ4v) is 2.27. The van der Waals surface area contributed by atoms with Crippen LogP contribution in [0.25, 0.3) is 0 Å². The van der Waals surface area contributed by atoms with Crippen molar-refractivity contribution in [2.24, 2.45) is 5.92 Å². The minimum atomic E-state index is -4.13. The van der Waals surface area contributed by atoms with Gasteiger partial charge in [-0.1, -0.05) is 0 Å². The summed E-state index contributed by atoms with van der Waals surface area (Å²) >= 11 is 0. The zero-order valence-corrected chi connectivity index (χ0v) is 9.50. The van der Waals surface area contributed by atoms with Gasteiger partial charge in [0.15, 0.2) is 0 Å². The van der Waals surface area contributed by atoms with Crippen LogP contribution in [0.4, 0.5) is 19.1 Å². The van der Waals surface area contributed by atoms with Crippen LogP contribution < -0.4 is 5.73 Å². The second kappa shape index (κ2) is 4.52. The number of aromatic nitrogens is 1. The highest BCUT2D eigenvalue weighted by atomic mass is 19.4. The summed E-state index contributed by atoms with van der Waals surface area (Å²) in [5, 5.41) is 8.68. The third-order valence-electron chi connectivity index (χ3n) is 3.32. The molecule has 1 heterocycles. The fourth-order valence-electron chi connectivity index (χ4n) is 2.27. The van der Waals surface area contributed by atoms with Crippen molar-refractivity contribution in [3.8, 4) is 6.07 Å². The Hall–Kier alpha value is -1.71. The van der Waals surface area contributed by atoms with Gasteiger partial charge >= 0.3 is 6.18 Å². The maximum atomic E-state index is 12.5. The van der Waals surface area contributed by atoms with Gasteiger partial charge in [0, 0.05) is 5.92 Å². The van der Waals surface area contributed by atoms with Crippen molar-refractivity contribution in [1.29, 1.82) is 5.26 Å². The summed E-state index contributed by atoms with van der Waals surface area (Å²) in [5.41, 5.74) is 5.43. The standard InChI is InChI=1S/C11H12F3N3O/c12-11(13,14)7-3-1-6(2-4-7)10-17-8(5-15)9(16)18-10/h6-7H,1-4,16H2. The number of nitriles is 1. The Morgan fingerprint density at radius 3 is 2.33 bits per heavy atom. The molecule has 0 bridgehead atoms. The smallest absolute Gasteiger partial charge is 0.391 e.